The fraction of sp³-hybridized carbons (Fsp3) is 0.333. The van der Waals surface area contributed by atoms with Gasteiger partial charge in [-0.3, -0.25) is 9.97 Å². The molecule has 94 valence electrons. The molecule has 3 nitrogen and oxygen atoms in total. The maximum Gasteiger partial charge on any atom is 0.0888 e. The molecule has 0 aliphatic heterocycles. The first-order valence-electron chi connectivity index (χ1n) is 6.41. The molecule has 0 saturated heterocycles. The first-order chi connectivity index (χ1) is 8.79. The average molecular weight is 241 g/mol. The molecule has 0 bridgehead atoms. The van der Waals surface area contributed by atoms with E-state index in [2.05, 4.69) is 23.0 Å². The lowest BCUT2D eigenvalue weighted by molar-refractivity contribution is 0.600. The maximum atomic E-state index is 6.07. The molecule has 0 amide bonds. The summed E-state index contributed by atoms with van der Waals surface area (Å²) < 4.78 is 0. The average Bonchev–Trinajstić information content (AvgIpc) is 2.40. The smallest absolute Gasteiger partial charge is 0.0888 e. The first-order valence-corrected chi connectivity index (χ1v) is 6.41. The van der Waals surface area contributed by atoms with Crippen LogP contribution in [0.4, 0.5) is 0 Å². The molecule has 0 fully saturated rings. The predicted molar refractivity (Wildman–Crippen MR) is 74.1 cm³/mol. The second-order valence-electron chi connectivity index (χ2n) is 4.52. The molecule has 3 heteroatoms. The van der Waals surface area contributed by atoms with Gasteiger partial charge in [-0.25, -0.2) is 0 Å². The summed E-state index contributed by atoms with van der Waals surface area (Å²) in [7, 11) is 0. The molecule has 2 N–H and O–H groups in total. The Morgan fingerprint density at radius 2 is 1.94 bits per heavy atom. The standard InChI is InChI=1S/C15H19N3/c1-2-5-13(16)10-12-7-9-18-15(11-12)14-6-3-4-8-17-14/h3-4,6-9,11,13H,2,5,10,16H2,1H3. The Balaban J connectivity index is 2.15. The Morgan fingerprint density at radius 1 is 1.11 bits per heavy atom. The lowest BCUT2D eigenvalue weighted by atomic mass is 10.0. The van der Waals surface area contributed by atoms with Gasteiger partial charge >= 0.3 is 0 Å². The van der Waals surface area contributed by atoms with E-state index >= 15 is 0 Å². The van der Waals surface area contributed by atoms with Crippen LogP contribution in [-0.4, -0.2) is 16.0 Å². The highest BCUT2D eigenvalue weighted by Gasteiger charge is 2.05. The molecule has 0 saturated carbocycles. The van der Waals surface area contributed by atoms with Crippen LogP contribution in [0.2, 0.25) is 0 Å². The van der Waals surface area contributed by atoms with Crippen molar-refractivity contribution >= 4 is 0 Å². The van der Waals surface area contributed by atoms with Crippen LogP contribution in [0.15, 0.2) is 42.7 Å². The minimum atomic E-state index is 0.231. The van der Waals surface area contributed by atoms with Crippen molar-refractivity contribution in [1.29, 1.82) is 0 Å². The van der Waals surface area contributed by atoms with Crippen molar-refractivity contribution in [3.05, 3.63) is 48.3 Å². The number of hydrogen-bond acceptors (Lipinski definition) is 3. The molecule has 0 aromatic carbocycles. The Bertz CT molecular complexity index is 482. The Hall–Kier alpha value is -1.74. The van der Waals surface area contributed by atoms with Crippen LogP contribution in [0.5, 0.6) is 0 Å². The van der Waals surface area contributed by atoms with E-state index in [0.29, 0.717) is 0 Å². The van der Waals surface area contributed by atoms with Crippen molar-refractivity contribution in [2.24, 2.45) is 5.73 Å². The van der Waals surface area contributed by atoms with Crippen LogP contribution >= 0.6 is 0 Å². The molecule has 1 atom stereocenters. The topological polar surface area (TPSA) is 51.8 Å². The van der Waals surface area contributed by atoms with Crippen LogP contribution in [0, 0.1) is 0 Å². The molecule has 0 aliphatic rings. The molecule has 2 aromatic heterocycles. The van der Waals surface area contributed by atoms with E-state index in [4.69, 9.17) is 5.73 Å². The summed E-state index contributed by atoms with van der Waals surface area (Å²) in [4.78, 5) is 8.67. The van der Waals surface area contributed by atoms with E-state index in [1.165, 1.54) is 5.56 Å². The van der Waals surface area contributed by atoms with Crippen molar-refractivity contribution in [2.45, 2.75) is 32.2 Å². The summed E-state index contributed by atoms with van der Waals surface area (Å²) >= 11 is 0. The SMILES string of the molecule is CCCC(N)Cc1ccnc(-c2ccccn2)c1. The van der Waals surface area contributed by atoms with E-state index in [1.54, 1.807) is 6.20 Å². The molecule has 2 rings (SSSR count). The molecule has 0 radical (unpaired) electrons. The van der Waals surface area contributed by atoms with Crippen molar-refractivity contribution < 1.29 is 0 Å². The number of aromatic nitrogens is 2. The van der Waals surface area contributed by atoms with Gasteiger partial charge in [0, 0.05) is 18.4 Å². The van der Waals surface area contributed by atoms with E-state index in [1.807, 2.05) is 30.5 Å². The highest BCUT2D eigenvalue weighted by atomic mass is 14.8. The minimum absolute atomic E-state index is 0.231. The fourth-order valence-electron chi connectivity index (χ4n) is 2.03. The van der Waals surface area contributed by atoms with E-state index in [-0.39, 0.29) is 6.04 Å². The van der Waals surface area contributed by atoms with Gasteiger partial charge in [-0.1, -0.05) is 19.4 Å². The third-order valence-electron chi connectivity index (χ3n) is 2.91. The van der Waals surface area contributed by atoms with Gasteiger partial charge in [0.25, 0.3) is 0 Å². The summed E-state index contributed by atoms with van der Waals surface area (Å²) in [6, 6.07) is 10.2. The Morgan fingerprint density at radius 3 is 2.67 bits per heavy atom. The quantitative estimate of drug-likeness (QED) is 0.875. The highest BCUT2D eigenvalue weighted by Crippen LogP contribution is 2.16. The summed E-state index contributed by atoms with van der Waals surface area (Å²) in [5.41, 5.74) is 9.12. The van der Waals surface area contributed by atoms with Gasteiger partial charge < -0.3 is 5.73 Å². The van der Waals surface area contributed by atoms with Gasteiger partial charge in [0.05, 0.1) is 11.4 Å². The van der Waals surface area contributed by atoms with Gasteiger partial charge in [0.2, 0.25) is 0 Å². The van der Waals surface area contributed by atoms with Gasteiger partial charge in [-0.05, 0) is 42.7 Å². The summed E-state index contributed by atoms with van der Waals surface area (Å²) in [5.74, 6) is 0. The lowest BCUT2D eigenvalue weighted by Gasteiger charge is -2.10. The van der Waals surface area contributed by atoms with Crippen molar-refractivity contribution in [3.63, 3.8) is 0 Å². The molecule has 0 spiro atoms. The summed E-state index contributed by atoms with van der Waals surface area (Å²) in [5, 5.41) is 0. The lowest BCUT2D eigenvalue weighted by Crippen LogP contribution is -2.22. The zero-order chi connectivity index (χ0) is 12.8. The monoisotopic (exact) mass is 241 g/mol. The van der Waals surface area contributed by atoms with Crippen molar-refractivity contribution in [1.82, 2.24) is 9.97 Å². The third kappa shape index (κ3) is 3.37. The second-order valence-corrected chi connectivity index (χ2v) is 4.52. The number of hydrogen-bond donors (Lipinski definition) is 1. The van der Waals surface area contributed by atoms with E-state index in [9.17, 15) is 0 Å². The molecular weight excluding hydrogens is 222 g/mol. The normalized spacial score (nSPS) is 12.3. The zero-order valence-electron chi connectivity index (χ0n) is 10.7. The van der Waals surface area contributed by atoms with Crippen LogP contribution in [0.25, 0.3) is 11.4 Å². The van der Waals surface area contributed by atoms with Gasteiger partial charge in [0.15, 0.2) is 0 Å². The van der Waals surface area contributed by atoms with Gasteiger partial charge in [0.1, 0.15) is 0 Å². The van der Waals surface area contributed by atoms with Crippen LogP contribution in [0.3, 0.4) is 0 Å². The highest BCUT2D eigenvalue weighted by molar-refractivity contribution is 5.54. The largest absolute Gasteiger partial charge is 0.327 e. The predicted octanol–water partition coefficient (Wildman–Crippen LogP) is 2.81. The van der Waals surface area contributed by atoms with Crippen molar-refractivity contribution in [2.75, 3.05) is 0 Å². The zero-order valence-corrected chi connectivity index (χ0v) is 10.7. The number of nitrogens with two attached hydrogens (primary N) is 1. The first kappa shape index (κ1) is 12.7. The Kier molecular flexibility index (Phi) is 4.42. The second kappa shape index (κ2) is 6.26. The third-order valence-corrected chi connectivity index (χ3v) is 2.91. The number of pyridine rings is 2. The van der Waals surface area contributed by atoms with E-state index in [0.717, 1.165) is 30.7 Å². The molecule has 0 aliphatic carbocycles. The summed E-state index contributed by atoms with van der Waals surface area (Å²) in [6.45, 7) is 2.16. The number of nitrogens with zero attached hydrogens (tertiary/aromatic N) is 2. The van der Waals surface area contributed by atoms with Crippen LogP contribution in [-0.2, 0) is 6.42 Å². The van der Waals surface area contributed by atoms with E-state index < -0.39 is 0 Å². The Labute approximate surface area is 108 Å². The maximum absolute atomic E-state index is 6.07. The molecule has 2 aromatic rings. The van der Waals surface area contributed by atoms with Crippen molar-refractivity contribution in [3.8, 4) is 11.4 Å². The molecule has 18 heavy (non-hydrogen) atoms. The minimum Gasteiger partial charge on any atom is -0.327 e. The molecule has 1 unspecified atom stereocenters. The van der Waals surface area contributed by atoms with Crippen LogP contribution in [0.1, 0.15) is 25.3 Å². The number of rotatable bonds is 5. The molecule has 2 heterocycles. The fourth-order valence-corrected chi connectivity index (χ4v) is 2.03. The van der Waals surface area contributed by atoms with Crippen LogP contribution < -0.4 is 5.73 Å². The molecular formula is C15H19N3. The van der Waals surface area contributed by atoms with Gasteiger partial charge in [-0.2, -0.15) is 0 Å². The summed E-state index contributed by atoms with van der Waals surface area (Å²) in [6.07, 6.45) is 6.70. The van der Waals surface area contributed by atoms with Gasteiger partial charge in [-0.15, -0.1) is 0 Å².